The van der Waals surface area contributed by atoms with Crippen LogP contribution in [0.5, 0.6) is 0 Å². The van der Waals surface area contributed by atoms with E-state index >= 15 is 0 Å². The first-order chi connectivity index (χ1) is 8.42. The van der Waals surface area contributed by atoms with Gasteiger partial charge in [0.2, 0.25) is 5.95 Å². The summed E-state index contributed by atoms with van der Waals surface area (Å²) in [4.78, 5) is 11.8. The molecule has 1 fully saturated rings. The normalized spacial score (nSPS) is 20.6. The summed E-state index contributed by atoms with van der Waals surface area (Å²) >= 11 is 0. The fourth-order valence-electron chi connectivity index (χ4n) is 2.27. The summed E-state index contributed by atoms with van der Waals surface area (Å²) in [7, 11) is 0. The van der Waals surface area contributed by atoms with E-state index < -0.39 is 0 Å². The number of imidazole rings is 1. The second kappa shape index (κ2) is 4.71. The maximum absolute atomic E-state index is 4.40. The molecule has 0 bridgehead atoms. The number of aromatic amines is 1. The van der Waals surface area contributed by atoms with E-state index in [-0.39, 0.29) is 0 Å². The molecule has 17 heavy (non-hydrogen) atoms. The molecule has 2 aromatic heterocycles. The van der Waals surface area contributed by atoms with Crippen molar-refractivity contribution in [2.75, 3.05) is 25.0 Å². The van der Waals surface area contributed by atoms with Crippen LogP contribution in [0.3, 0.4) is 0 Å². The van der Waals surface area contributed by atoms with Gasteiger partial charge in [-0.2, -0.15) is 4.98 Å². The van der Waals surface area contributed by atoms with Crippen molar-refractivity contribution in [1.29, 1.82) is 0 Å². The van der Waals surface area contributed by atoms with E-state index in [4.69, 9.17) is 0 Å². The van der Waals surface area contributed by atoms with Crippen molar-refractivity contribution in [2.45, 2.75) is 12.8 Å². The Labute approximate surface area is 100 Å². The third-order valence-corrected chi connectivity index (χ3v) is 3.21. The first kappa shape index (κ1) is 10.5. The van der Waals surface area contributed by atoms with Gasteiger partial charge in [0.1, 0.15) is 0 Å². The number of fused-ring (bicyclic) bond motifs is 1. The molecule has 3 rings (SSSR count). The summed E-state index contributed by atoms with van der Waals surface area (Å²) in [5.74, 6) is 1.52. The fourth-order valence-corrected chi connectivity index (χ4v) is 2.27. The number of hydrogen-bond acceptors (Lipinski definition) is 4. The number of nitrogens with zero attached hydrogens (tertiary/aromatic N) is 2. The largest absolute Gasteiger partial charge is 0.355 e. The third-order valence-electron chi connectivity index (χ3n) is 3.21. The molecule has 1 saturated heterocycles. The standard InChI is InChI=1S/C12H17N5/c1-3-9(7-13-5-1)8-15-12-16-10-4-2-6-14-11(10)17-12/h2,4,6,9,13H,1,3,5,7-8H2,(H2,14,15,16,17)/t9-/m1/s1. The van der Waals surface area contributed by atoms with Gasteiger partial charge in [-0.3, -0.25) is 0 Å². The number of anilines is 1. The minimum absolute atomic E-state index is 0.699. The molecular formula is C12H17N5. The van der Waals surface area contributed by atoms with Gasteiger partial charge in [0.15, 0.2) is 5.65 Å². The van der Waals surface area contributed by atoms with Gasteiger partial charge in [-0.25, -0.2) is 4.98 Å². The van der Waals surface area contributed by atoms with Gasteiger partial charge in [0.05, 0.1) is 5.52 Å². The molecule has 3 heterocycles. The molecule has 5 nitrogen and oxygen atoms in total. The number of piperidine rings is 1. The summed E-state index contributed by atoms with van der Waals surface area (Å²) < 4.78 is 0. The topological polar surface area (TPSA) is 65.6 Å². The zero-order valence-electron chi connectivity index (χ0n) is 9.74. The summed E-state index contributed by atoms with van der Waals surface area (Å²) in [5, 5.41) is 6.77. The summed E-state index contributed by atoms with van der Waals surface area (Å²) in [6.07, 6.45) is 4.32. The lowest BCUT2D eigenvalue weighted by Gasteiger charge is -2.22. The zero-order chi connectivity index (χ0) is 11.5. The van der Waals surface area contributed by atoms with Crippen molar-refractivity contribution in [3.8, 4) is 0 Å². The lowest BCUT2D eigenvalue weighted by molar-refractivity contribution is 0.392. The summed E-state index contributed by atoms with van der Waals surface area (Å²) in [6, 6.07) is 3.90. The Bertz CT molecular complexity index is 453. The number of nitrogens with one attached hydrogen (secondary N) is 3. The fraction of sp³-hybridized carbons (Fsp3) is 0.500. The second-order valence-electron chi connectivity index (χ2n) is 4.55. The average Bonchev–Trinajstić information content (AvgIpc) is 2.80. The van der Waals surface area contributed by atoms with Crippen LogP contribution in [0.4, 0.5) is 5.95 Å². The first-order valence-corrected chi connectivity index (χ1v) is 6.17. The monoisotopic (exact) mass is 231 g/mol. The quantitative estimate of drug-likeness (QED) is 0.746. The molecule has 0 spiro atoms. The Morgan fingerprint density at radius 2 is 2.47 bits per heavy atom. The number of H-pyrrole nitrogens is 1. The molecule has 0 amide bonds. The second-order valence-corrected chi connectivity index (χ2v) is 4.55. The van der Waals surface area contributed by atoms with Crippen LogP contribution >= 0.6 is 0 Å². The van der Waals surface area contributed by atoms with E-state index in [9.17, 15) is 0 Å². The van der Waals surface area contributed by atoms with Gasteiger partial charge in [0.25, 0.3) is 0 Å². The van der Waals surface area contributed by atoms with Crippen LogP contribution in [0.15, 0.2) is 18.3 Å². The minimum atomic E-state index is 0.699. The Hall–Kier alpha value is -1.62. The molecule has 5 heteroatoms. The Morgan fingerprint density at radius 3 is 3.29 bits per heavy atom. The molecule has 90 valence electrons. The van der Waals surface area contributed by atoms with Gasteiger partial charge in [0, 0.05) is 12.7 Å². The molecular weight excluding hydrogens is 214 g/mol. The first-order valence-electron chi connectivity index (χ1n) is 6.17. The van der Waals surface area contributed by atoms with Crippen LogP contribution in [-0.2, 0) is 0 Å². The van der Waals surface area contributed by atoms with Gasteiger partial charge in [-0.15, -0.1) is 0 Å². The van der Waals surface area contributed by atoms with Crippen molar-refractivity contribution in [1.82, 2.24) is 20.3 Å². The molecule has 0 aliphatic carbocycles. The Balaban J connectivity index is 1.64. The zero-order valence-corrected chi connectivity index (χ0v) is 9.74. The van der Waals surface area contributed by atoms with Crippen molar-refractivity contribution >= 4 is 17.1 Å². The van der Waals surface area contributed by atoms with E-state index in [2.05, 4.69) is 25.6 Å². The molecule has 0 saturated carbocycles. The molecule has 1 aliphatic heterocycles. The minimum Gasteiger partial charge on any atom is -0.355 e. The van der Waals surface area contributed by atoms with Crippen molar-refractivity contribution in [3.63, 3.8) is 0 Å². The lowest BCUT2D eigenvalue weighted by Crippen LogP contribution is -2.33. The van der Waals surface area contributed by atoms with Crippen LogP contribution in [0.25, 0.3) is 11.2 Å². The van der Waals surface area contributed by atoms with E-state index in [0.29, 0.717) is 5.92 Å². The molecule has 0 radical (unpaired) electrons. The summed E-state index contributed by atoms with van der Waals surface area (Å²) in [6.45, 7) is 3.23. The highest BCUT2D eigenvalue weighted by molar-refractivity contribution is 5.72. The SMILES string of the molecule is c1cnc2nc(NC[C@@H]3CCCNC3)[nH]c2c1. The van der Waals surface area contributed by atoms with Crippen molar-refractivity contribution < 1.29 is 0 Å². The molecule has 1 aliphatic rings. The highest BCUT2D eigenvalue weighted by Gasteiger charge is 2.13. The molecule has 2 aromatic rings. The van der Waals surface area contributed by atoms with Crippen LogP contribution in [0.1, 0.15) is 12.8 Å². The predicted octanol–water partition coefficient (Wildman–Crippen LogP) is 1.37. The molecule has 3 N–H and O–H groups in total. The van der Waals surface area contributed by atoms with Gasteiger partial charge < -0.3 is 15.6 Å². The van der Waals surface area contributed by atoms with Crippen LogP contribution in [0.2, 0.25) is 0 Å². The van der Waals surface area contributed by atoms with E-state index in [1.165, 1.54) is 12.8 Å². The Kier molecular flexibility index (Phi) is 2.92. The molecule has 0 aromatic carbocycles. The number of hydrogen-bond donors (Lipinski definition) is 3. The van der Waals surface area contributed by atoms with Gasteiger partial charge in [-0.05, 0) is 44.0 Å². The highest BCUT2D eigenvalue weighted by Crippen LogP contribution is 2.13. The molecule has 1 atom stereocenters. The van der Waals surface area contributed by atoms with Crippen LogP contribution in [-0.4, -0.2) is 34.6 Å². The average molecular weight is 231 g/mol. The smallest absolute Gasteiger partial charge is 0.202 e. The predicted molar refractivity (Wildman–Crippen MR) is 68.0 cm³/mol. The number of aromatic nitrogens is 3. The van der Waals surface area contributed by atoms with E-state index in [1.807, 2.05) is 12.1 Å². The lowest BCUT2D eigenvalue weighted by atomic mass is 10.00. The summed E-state index contributed by atoms with van der Waals surface area (Å²) in [5.41, 5.74) is 1.76. The van der Waals surface area contributed by atoms with Crippen molar-refractivity contribution in [2.24, 2.45) is 5.92 Å². The maximum atomic E-state index is 4.40. The maximum Gasteiger partial charge on any atom is 0.202 e. The number of rotatable bonds is 3. The van der Waals surface area contributed by atoms with Crippen molar-refractivity contribution in [3.05, 3.63) is 18.3 Å². The van der Waals surface area contributed by atoms with E-state index in [0.717, 1.165) is 36.7 Å². The van der Waals surface area contributed by atoms with Crippen LogP contribution < -0.4 is 10.6 Å². The van der Waals surface area contributed by atoms with Gasteiger partial charge in [-0.1, -0.05) is 0 Å². The van der Waals surface area contributed by atoms with Gasteiger partial charge >= 0.3 is 0 Å². The third kappa shape index (κ3) is 2.39. The molecule has 0 unspecified atom stereocenters. The number of pyridine rings is 1. The van der Waals surface area contributed by atoms with E-state index in [1.54, 1.807) is 6.20 Å². The Morgan fingerprint density at radius 1 is 1.47 bits per heavy atom. The highest BCUT2D eigenvalue weighted by atomic mass is 15.1. The van der Waals surface area contributed by atoms with Crippen LogP contribution in [0, 0.1) is 5.92 Å².